The largest absolute Gasteiger partial charge is 0.382 e. The number of aromatic nitrogens is 1. The van der Waals surface area contributed by atoms with Gasteiger partial charge in [0, 0.05) is 36.4 Å². The summed E-state index contributed by atoms with van der Waals surface area (Å²) < 4.78 is 12.9. The SMILES string of the molecule is C[C@@H](C(=O)Nc1nccs1)N1CCC(Nc2ccc(F)cc2)CC1. The van der Waals surface area contributed by atoms with Crippen LogP contribution in [-0.4, -0.2) is 41.0 Å². The molecule has 7 heteroatoms. The molecule has 3 rings (SSSR count). The van der Waals surface area contributed by atoms with Crippen molar-refractivity contribution in [3.63, 3.8) is 0 Å². The minimum Gasteiger partial charge on any atom is -0.382 e. The predicted octanol–water partition coefficient (Wildman–Crippen LogP) is 3.19. The van der Waals surface area contributed by atoms with E-state index in [1.165, 1.54) is 23.5 Å². The van der Waals surface area contributed by atoms with Crippen LogP contribution in [0.2, 0.25) is 0 Å². The van der Waals surface area contributed by atoms with E-state index in [2.05, 4.69) is 20.5 Å². The van der Waals surface area contributed by atoms with Crippen molar-refractivity contribution in [3.05, 3.63) is 41.7 Å². The number of thiazole rings is 1. The maximum atomic E-state index is 12.9. The Morgan fingerprint density at radius 3 is 2.67 bits per heavy atom. The third-order valence-corrected chi connectivity index (χ3v) is 5.02. The first-order chi connectivity index (χ1) is 11.6. The number of benzene rings is 1. The number of carbonyl (C=O) groups is 1. The maximum Gasteiger partial charge on any atom is 0.243 e. The van der Waals surface area contributed by atoms with Gasteiger partial charge in [0.2, 0.25) is 5.91 Å². The van der Waals surface area contributed by atoms with Crippen molar-refractivity contribution in [3.8, 4) is 0 Å². The van der Waals surface area contributed by atoms with Gasteiger partial charge >= 0.3 is 0 Å². The number of amides is 1. The molecule has 0 unspecified atom stereocenters. The molecule has 5 nitrogen and oxygen atoms in total. The van der Waals surface area contributed by atoms with Gasteiger partial charge in [-0.05, 0) is 44.0 Å². The summed E-state index contributed by atoms with van der Waals surface area (Å²) in [5, 5.41) is 8.76. The second-order valence-corrected chi connectivity index (χ2v) is 6.86. The van der Waals surface area contributed by atoms with Crippen LogP contribution in [0.3, 0.4) is 0 Å². The summed E-state index contributed by atoms with van der Waals surface area (Å²) in [5.41, 5.74) is 0.935. The van der Waals surface area contributed by atoms with E-state index < -0.39 is 0 Å². The van der Waals surface area contributed by atoms with Gasteiger partial charge in [0.05, 0.1) is 6.04 Å². The minimum absolute atomic E-state index is 0.0186. The highest BCUT2D eigenvalue weighted by Crippen LogP contribution is 2.19. The Labute approximate surface area is 144 Å². The van der Waals surface area contributed by atoms with E-state index in [4.69, 9.17) is 0 Å². The van der Waals surface area contributed by atoms with Crippen molar-refractivity contribution in [2.45, 2.75) is 31.8 Å². The van der Waals surface area contributed by atoms with E-state index >= 15 is 0 Å². The number of nitrogens with zero attached hydrogens (tertiary/aromatic N) is 2. The van der Waals surface area contributed by atoms with E-state index in [9.17, 15) is 9.18 Å². The highest BCUT2D eigenvalue weighted by Gasteiger charge is 2.26. The highest BCUT2D eigenvalue weighted by atomic mass is 32.1. The van der Waals surface area contributed by atoms with E-state index in [1.807, 2.05) is 12.3 Å². The first kappa shape index (κ1) is 16.9. The van der Waals surface area contributed by atoms with Crippen molar-refractivity contribution >= 4 is 28.1 Å². The molecule has 2 heterocycles. The molecule has 2 N–H and O–H groups in total. The molecule has 1 saturated heterocycles. The second-order valence-electron chi connectivity index (χ2n) is 5.96. The zero-order valence-electron chi connectivity index (χ0n) is 13.5. The molecule has 1 aromatic carbocycles. The molecule has 24 heavy (non-hydrogen) atoms. The number of hydrogen-bond acceptors (Lipinski definition) is 5. The summed E-state index contributed by atoms with van der Waals surface area (Å²) in [4.78, 5) is 18.5. The first-order valence-corrected chi connectivity index (χ1v) is 8.96. The number of likely N-dealkylation sites (tertiary alicyclic amines) is 1. The average Bonchev–Trinajstić information content (AvgIpc) is 3.10. The van der Waals surface area contributed by atoms with Crippen LogP contribution in [0.4, 0.5) is 15.2 Å². The number of rotatable bonds is 5. The van der Waals surface area contributed by atoms with Crippen LogP contribution in [0.25, 0.3) is 0 Å². The van der Waals surface area contributed by atoms with Gasteiger partial charge in [0.15, 0.2) is 5.13 Å². The van der Waals surface area contributed by atoms with Gasteiger partial charge in [-0.25, -0.2) is 9.37 Å². The summed E-state index contributed by atoms with van der Waals surface area (Å²) in [5.74, 6) is -0.245. The summed E-state index contributed by atoms with van der Waals surface area (Å²) in [6, 6.07) is 6.60. The zero-order chi connectivity index (χ0) is 16.9. The van der Waals surface area contributed by atoms with Gasteiger partial charge in [0.25, 0.3) is 0 Å². The fourth-order valence-electron chi connectivity index (χ4n) is 2.87. The molecule has 0 saturated carbocycles. The van der Waals surface area contributed by atoms with Gasteiger partial charge in [0.1, 0.15) is 5.82 Å². The number of carbonyl (C=O) groups excluding carboxylic acids is 1. The number of halogens is 1. The maximum absolute atomic E-state index is 12.9. The Bertz CT molecular complexity index is 654. The molecule has 1 aliphatic heterocycles. The van der Waals surface area contributed by atoms with Crippen LogP contribution >= 0.6 is 11.3 Å². The molecule has 1 fully saturated rings. The quantitative estimate of drug-likeness (QED) is 0.871. The Hall–Kier alpha value is -1.99. The number of hydrogen-bond donors (Lipinski definition) is 2. The van der Waals surface area contributed by atoms with Crippen LogP contribution < -0.4 is 10.6 Å². The van der Waals surface area contributed by atoms with Crippen LogP contribution in [-0.2, 0) is 4.79 Å². The summed E-state index contributed by atoms with van der Waals surface area (Å²) in [6.45, 7) is 3.63. The standard InChI is InChI=1S/C17H21FN4OS/c1-12(16(23)21-17-19-8-11-24-17)22-9-6-15(7-10-22)20-14-4-2-13(18)3-5-14/h2-5,8,11-12,15,20H,6-7,9-10H2,1H3,(H,19,21,23)/t12-/m0/s1. The van der Waals surface area contributed by atoms with Crippen LogP contribution in [0, 0.1) is 5.82 Å². The molecule has 1 atom stereocenters. The lowest BCUT2D eigenvalue weighted by molar-refractivity contribution is -0.121. The van der Waals surface area contributed by atoms with Gasteiger partial charge in [-0.15, -0.1) is 11.3 Å². The zero-order valence-corrected chi connectivity index (χ0v) is 14.4. The summed E-state index contributed by atoms with van der Waals surface area (Å²) in [7, 11) is 0. The van der Waals surface area contributed by atoms with E-state index in [0.29, 0.717) is 11.2 Å². The first-order valence-electron chi connectivity index (χ1n) is 8.08. The van der Waals surface area contributed by atoms with Crippen LogP contribution in [0.1, 0.15) is 19.8 Å². The molecule has 1 aromatic heterocycles. The summed E-state index contributed by atoms with van der Waals surface area (Å²) >= 11 is 1.42. The normalized spacial score (nSPS) is 17.4. The molecule has 128 valence electrons. The second kappa shape index (κ2) is 7.72. The molecule has 0 spiro atoms. The molecule has 0 aliphatic carbocycles. The van der Waals surface area contributed by atoms with Gasteiger partial charge in [-0.1, -0.05) is 0 Å². The third-order valence-electron chi connectivity index (χ3n) is 4.33. The molecule has 1 aliphatic rings. The Kier molecular flexibility index (Phi) is 5.42. The van der Waals surface area contributed by atoms with Crippen LogP contribution in [0.5, 0.6) is 0 Å². The third kappa shape index (κ3) is 4.30. The topological polar surface area (TPSA) is 57.3 Å². The average molecular weight is 348 g/mol. The Morgan fingerprint density at radius 2 is 2.04 bits per heavy atom. The molecule has 0 bridgehead atoms. The van der Waals surface area contributed by atoms with Crippen molar-refractivity contribution < 1.29 is 9.18 Å². The van der Waals surface area contributed by atoms with Crippen molar-refractivity contribution in [2.75, 3.05) is 23.7 Å². The van der Waals surface area contributed by atoms with E-state index in [-0.39, 0.29) is 17.8 Å². The van der Waals surface area contributed by atoms with Gasteiger partial charge in [-0.2, -0.15) is 0 Å². The molecule has 0 radical (unpaired) electrons. The minimum atomic E-state index is -0.226. The van der Waals surface area contributed by atoms with Crippen molar-refractivity contribution in [1.82, 2.24) is 9.88 Å². The fourth-order valence-corrected chi connectivity index (χ4v) is 3.41. The molecule has 2 aromatic rings. The lowest BCUT2D eigenvalue weighted by Crippen LogP contribution is -2.48. The fraction of sp³-hybridized carbons (Fsp3) is 0.412. The molecular weight excluding hydrogens is 327 g/mol. The van der Waals surface area contributed by atoms with Crippen LogP contribution in [0.15, 0.2) is 35.8 Å². The number of anilines is 2. The van der Waals surface area contributed by atoms with Gasteiger partial charge < -0.3 is 10.6 Å². The number of piperidine rings is 1. The van der Waals surface area contributed by atoms with E-state index in [0.717, 1.165) is 31.6 Å². The Balaban J connectivity index is 1.47. The van der Waals surface area contributed by atoms with Crippen molar-refractivity contribution in [2.24, 2.45) is 0 Å². The molecular formula is C17H21FN4OS. The predicted molar refractivity (Wildman–Crippen MR) is 94.8 cm³/mol. The lowest BCUT2D eigenvalue weighted by atomic mass is 10.0. The van der Waals surface area contributed by atoms with E-state index in [1.54, 1.807) is 18.3 Å². The monoisotopic (exact) mass is 348 g/mol. The summed E-state index contributed by atoms with van der Waals surface area (Å²) in [6.07, 6.45) is 3.58. The Morgan fingerprint density at radius 1 is 1.33 bits per heavy atom. The van der Waals surface area contributed by atoms with Gasteiger partial charge in [-0.3, -0.25) is 9.69 Å². The number of nitrogens with one attached hydrogen (secondary N) is 2. The highest BCUT2D eigenvalue weighted by molar-refractivity contribution is 7.13. The smallest absolute Gasteiger partial charge is 0.243 e. The lowest BCUT2D eigenvalue weighted by Gasteiger charge is -2.35. The van der Waals surface area contributed by atoms with Crippen molar-refractivity contribution in [1.29, 1.82) is 0 Å². The molecule has 1 amide bonds.